The van der Waals surface area contributed by atoms with E-state index in [0.717, 1.165) is 0 Å². The van der Waals surface area contributed by atoms with E-state index in [2.05, 4.69) is 4.98 Å². The average molecular weight is 301 g/mol. The lowest BCUT2D eigenvalue weighted by atomic mass is 9.91. The van der Waals surface area contributed by atoms with Crippen LogP contribution < -0.4 is 0 Å². The van der Waals surface area contributed by atoms with Crippen LogP contribution in [0, 0.1) is 11.8 Å². The van der Waals surface area contributed by atoms with E-state index in [1.165, 1.54) is 0 Å². The van der Waals surface area contributed by atoms with Gasteiger partial charge in [0.1, 0.15) is 5.65 Å². The number of carbonyl (C=O) groups excluding carboxylic acids is 1. The summed E-state index contributed by atoms with van der Waals surface area (Å²) in [5.41, 5.74) is 1.12. The largest absolute Gasteiger partial charge is 0.481 e. The predicted octanol–water partition coefficient (Wildman–Crippen LogP) is 1.91. The summed E-state index contributed by atoms with van der Waals surface area (Å²) in [5.74, 6) is -1.37. The fourth-order valence-electron chi connectivity index (χ4n) is 3.42. The van der Waals surface area contributed by atoms with Gasteiger partial charge in [-0.05, 0) is 24.5 Å². The van der Waals surface area contributed by atoms with Crippen molar-refractivity contribution in [1.29, 1.82) is 0 Å². The van der Waals surface area contributed by atoms with Gasteiger partial charge in [-0.15, -0.1) is 0 Å². The Kier molecular flexibility index (Phi) is 3.60. The lowest BCUT2D eigenvalue weighted by Crippen LogP contribution is -2.43. The van der Waals surface area contributed by atoms with Gasteiger partial charge in [-0.1, -0.05) is 13.8 Å². The number of carboxylic acid groups (broad SMARTS) is 1. The molecule has 0 aromatic carbocycles. The van der Waals surface area contributed by atoms with Crippen LogP contribution in [0.2, 0.25) is 0 Å². The molecule has 0 saturated carbocycles. The normalized spacial score (nSPS) is 21.7. The number of aromatic nitrogens is 2. The second-order valence-electron chi connectivity index (χ2n) is 6.05. The molecule has 1 fully saturated rings. The summed E-state index contributed by atoms with van der Waals surface area (Å²) in [7, 11) is 0. The molecule has 2 unspecified atom stereocenters. The zero-order valence-electron chi connectivity index (χ0n) is 12.6. The van der Waals surface area contributed by atoms with Crippen molar-refractivity contribution in [1.82, 2.24) is 14.3 Å². The third-order valence-corrected chi connectivity index (χ3v) is 4.36. The number of fused-ring (bicyclic) bond motifs is 1. The van der Waals surface area contributed by atoms with Crippen LogP contribution in [0.3, 0.4) is 0 Å². The van der Waals surface area contributed by atoms with Gasteiger partial charge in [-0.25, -0.2) is 4.98 Å². The van der Waals surface area contributed by atoms with Gasteiger partial charge < -0.3 is 14.4 Å². The molecule has 1 amide bonds. The maximum absolute atomic E-state index is 12.9. The molecule has 1 aliphatic heterocycles. The minimum absolute atomic E-state index is 0.0898. The zero-order valence-corrected chi connectivity index (χ0v) is 12.6. The molecule has 22 heavy (non-hydrogen) atoms. The Hall–Kier alpha value is -2.37. The van der Waals surface area contributed by atoms with Crippen LogP contribution in [0.15, 0.2) is 30.7 Å². The summed E-state index contributed by atoms with van der Waals surface area (Å²) in [6, 6.07) is 3.27. The fourth-order valence-corrected chi connectivity index (χ4v) is 3.42. The summed E-state index contributed by atoms with van der Waals surface area (Å²) in [5, 5.41) is 9.39. The molecule has 2 aromatic heterocycles. The van der Waals surface area contributed by atoms with Gasteiger partial charge >= 0.3 is 5.97 Å². The first kappa shape index (κ1) is 14.6. The molecule has 0 bridgehead atoms. The molecule has 3 rings (SSSR count). The van der Waals surface area contributed by atoms with Crippen LogP contribution in [0.1, 0.15) is 30.6 Å². The van der Waals surface area contributed by atoms with Gasteiger partial charge in [-0.2, -0.15) is 0 Å². The molecule has 0 radical (unpaired) electrons. The van der Waals surface area contributed by atoms with Gasteiger partial charge in [0.25, 0.3) is 5.91 Å². The van der Waals surface area contributed by atoms with E-state index in [-0.39, 0.29) is 17.9 Å². The van der Waals surface area contributed by atoms with Crippen LogP contribution in [0.25, 0.3) is 5.65 Å². The number of amides is 1. The number of nitrogens with zero attached hydrogens (tertiary/aromatic N) is 3. The predicted molar refractivity (Wildman–Crippen MR) is 80.6 cm³/mol. The van der Waals surface area contributed by atoms with Crippen molar-refractivity contribution in [3.05, 3.63) is 36.3 Å². The van der Waals surface area contributed by atoms with Crippen molar-refractivity contribution in [2.75, 3.05) is 6.54 Å². The highest BCUT2D eigenvalue weighted by Gasteiger charge is 2.43. The Labute approximate surface area is 128 Å². The van der Waals surface area contributed by atoms with Crippen LogP contribution in [-0.4, -0.2) is 43.9 Å². The third-order valence-electron chi connectivity index (χ3n) is 4.36. The summed E-state index contributed by atoms with van der Waals surface area (Å²) in [6.07, 6.45) is 5.77. The van der Waals surface area contributed by atoms with Crippen molar-refractivity contribution in [3.8, 4) is 0 Å². The highest BCUT2D eigenvalue weighted by Crippen LogP contribution is 2.31. The Morgan fingerprint density at radius 1 is 1.36 bits per heavy atom. The molecule has 1 saturated heterocycles. The molecule has 0 aliphatic carbocycles. The van der Waals surface area contributed by atoms with Gasteiger partial charge in [0.2, 0.25) is 0 Å². The Morgan fingerprint density at radius 2 is 2.14 bits per heavy atom. The molecular formula is C16H19N3O3. The monoisotopic (exact) mass is 301 g/mol. The van der Waals surface area contributed by atoms with Crippen molar-refractivity contribution >= 4 is 17.5 Å². The van der Waals surface area contributed by atoms with E-state index in [4.69, 9.17) is 0 Å². The number of aliphatic carboxylic acids is 1. The van der Waals surface area contributed by atoms with Gasteiger partial charge in [0, 0.05) is 31.2 Å². The smallest absolute Gasteiger partial charge is 0.308 e. The molecule has 2 atom stereocenters. The molecule has 116 valence electrons. The molecular weight excluding hydrogens is 282 g/mol. The number of rotatable bonds is 3. The van der Waals surface area contributed by atoms with Gasteiger partial charge in [-0.3, -0.25) is 9.59 Å². The molecule has 1 N–H and O–H groups in total. The van der Waals surface area contributed by atoms with E-state index in [9.17, 15) is 14.7 Å². The van der Waals surface area contributed by atoms with Crippen molar-refractivity contribution in [3.63, 3.8) is 0 Å². The first-order valence-corrected chi connectivity index (χ1v) is 7.46. The summed E-state index contributed by atoms with van der Waals surface area (Å²) in [4.78, 5) is 30.3. The molecule has 0 spiro atoms. The Morgan fingerprint density at radius 3 is 2.82 bits per heavy atom. The lowest BCUT2D eigenvalue weighted by molar-refractivity contribution is -0.142. The van der Waals surface area contributed by atoms with Gasteiger partial charge in [0.05, 0.1) is 11.5 Å². The second kappa shape index (κ2) is 5.44. The van der Waals surface area contributed by atoms with E-state index in [0.29, 0.717) is 24.2 Å². The number of likely N-dealkylation sites (tertiary alicyclic amines) is 1. The topological polar surface area (TPSA) is 74.9 Å². The lowest BCUT2D eigenvalue weighted by Gasteiger charge is -2.30. The van der Waals surface area contributed by atoms with Crippen LogP contribution in [0.4, 0.5) is 0 Å². The van der Waals surface area contributed by atoms with E-state index >= 15 is 0 Å². The van der Waals surface area contributed by atoms with Crippen molar-refractivity contribution < 1.29 is 14.7 Å². The molecule has 6 heteroatoms. The first-order valence-electron chi connectivity index (χ1n) is 7.46. The summed E-state index contributed by atoms with van der Waals surface area (Å²) in [6.45, 7) is 4.39. The van der Waals surface area contributed by atoms with Gasteiger partial charge in [0.15, 0.2) is 0 Å². The zero-order chi connectivity index (χ0) is 15.9. The summed E-state index contributed by atoms with van der Waals surface area (Å²) >= 11 is 0. The maximum Gasteiger partial charge on any atom is 0.308 e. The number of pyridine rings is 1. The van der Waals surface area contributed by atoms with Crippen LogP contribution in [0.5, 0.6) is 0 Å². The quantitative estimate of drug-likeness (QED) is 0.939. The number of imidazole rings is 1. The highest BCUT2D eigenvalue weighted by molar-refractivity contribution is 6.00. The van der Waals surface area contributed by atoms with Crippen molar-refractivity contribution in [2.24, 2.45) is 11.8 Å². The maximum atomic E-state index is 12.9. The fraction of sp³-hybridized carbons (Fsp3) is 0.438. The SMILES string of the molecule is CC(C)C1C(C(=O)O)CCN1C(=O)c1cccn2ccnc12. The Bertz CT molecular complexity index is 722. The third kappa shape index (κ3) is 2.24. The number of carboxylic acids is 1. The minimum Gasteiger partial charge on any atom is -0.481 e. The van der Waals surface area contributed by atoms with Crippen molar-refractivity contribution in [2.45, 2.75) is 26.3 Å². The van der Waals surface area contributed by atoms with Crippen LogP contribution in [-0.2, 0) is 4.79 Å². The standard InChI is InChI=1S/C16H19N3O3/c1-10(2)13-11(16(21)22)5-8-19(13)15(20)12-4-3-7-18-9-6-17-14(12)18/h3-4,6-7,9-11,13H,5,8H2,1-2H3,(H,21,22). The molecule has 1 aliphatic rings. The first-order chi connectivity index (χ1) is 10.5. The van der Waals surface area contributed by atoms with E-state index in [1.54, 1.807) is 33.8 Å². The molecule has 6 nitrogen and oxygen atoms in total. The van der Waals surface area contributed by atoms with Crippen LogP contribution >= 0.6 is 0 Å². The van der Waals surface area contributed by atoms with E-state index in [1.807, 2.05) is 20.0 Å². The Balaban J connectivity index is 1.98. The highest BCUT2D eigenvalue weighted by atomic mass is 16.4. The molecule has 2 aromatic rings. The van der Waals surface area contributed by atoms with E-state index < -0.39 is 11.9 Å². The molecule has 3 heterocycles. The minimum atomic E-state index is -0.826. The average Bonchev–Trinajstić information content (AvgIpc) is 3.12. The number of hydrogen-bond donors (Lipinski definition) is 1. The number of carbonyl (C=O) groups is 2. The summed E-state index contributed by atoms with van der Waals surface area (Å²) < 4.78 is 1.79. The second-order valence-corrected chi connectivity index (χ2v) is 6.05. The number of hydrogen-bond acceptors (Lipinski definition) is 3.